The van der Waals surface area contributed by atoms with Crippen LogP contribution >= 0.6 is 0 Å². The lowest BCUT2D eigenvalue weighted by atomic mass is 9.90. The summed E-state index contributed by atoms with van der Waals surface area (Å²) in [6.45, 7) is 4.78. The van der Waals surface area contributed by atoms with Crippen LogP contribution in [0.4, 0.5) is 10.5 Å². The van der Waals surface area contributed by atoms with Crippen molar-refractivity contribution in [3.05, 3.63) is 89.5 Å². The van der Waals surface area contributed by atoms with Crippen LogP contribution in [0, 0.1) is 12.3 Å². The lowest BCUT2D eigenvalue weighted by molar-refractivity contribution is 0.138. The molecule has 3 aromatic rings. The van der Waals surface area contributed by atoms with E-state index in [2.05, 4.69) is 37.2 Å². The summed E-state index contributed by atoms with van der Waals surface area (Å²) in [7, 11) is 0. The Morgan fingerprint density at radius 3 is 2.69 bits per heavy atom. The number of terminal acetylenes is 1. The Hall–Kier alpha value is -4.24. The summed E-state index contributed by atoms with van der Waals surface area (Å²) in [4.78, 5) is 13.2. The monoisotopic (exact) mass is 465 g/mol. The summed E-state index contributed by atoms with van der Waals surface area (Å²) < 4.78 is 11.4. The zero-order valence-corrected chi connectivity index (χ0v) is 19.8. The number of hydrogen-bond acceptors (Lipinski definition) is 4. The van der Waals surface area contributed by atoms with Crippen LogP contribution in [-0.2, 0) is 6.42 Å². The maximum atomic E-state index is 13.2. The van der Waals surface area contributed by atoms with Gasteiger partial charge < -0.3 is 14.8 Å². The largest absolute Gasteiger partial charge is 0.487 e. The summed E-state index contributed by atoms with van der Waals surface area (Å²) >= 11 is 0. The van der Waals surface area contributed by atoms with Gasteiger partial charge in [0.2, 0.25) is 0 Å². The first-order chi connectivity index (χ1) is 16.9. The molecule has 2 heterocycles. The molecule has 6 heteroatoms. The van der Waals surface area contributed by atoms with Crippen LogP contribution in [0.5, 0.6) is 11.5 Å². The number of ether oxygens (including phenoxy) is 2. The zero-order chi connectivity index (χ0) is 24.4. The second-order valence-corrected chi connectivity index (χ2v) is 9.34. The van der Waals surface area contributed by atoms with Crippen molar-refractivity contribution < 1.29 is 14.3 Å². The van der Waals surface area contributed by atoms with Gasteiger partial charge in [0.15, 0.2) is 0 Å². The highest BCUT2D eigenvalue weighted by molar-refractivity contribution is 6.08. The predicted molar refractivity (Wildman–Crippen MR) is 137 cm³/mol. The summed E-state index contributed by atoms with van der Waals surface area (Å²) in [5.74, 6) is 3.98. The number of urea groups is 1. The van der Waals surface area contributed by atoms with E-state index < -0.39 is 0 Å². The van der Waals surface area contributed by atoms with Gasteiger partial charge in [0.05, 0.1) is 12.3 Å². The van der Waals surface area contributed by atoms with Crippen molar-refractivity contribution >= 4 is 17.4 Å². The fourth-order valence-electron chi connectivity index (χ4n) is 4.56. The van der Waals surface area contributed by atoms with Gasteiger partial charge in [0.25, 0.3) is 0 Å². The molecule has 35 heavy (non-hydrogen) atoms. The van der Waals surface area contributed by atoms with Crippen molar-refractivity contribution in [2.24, 2.45) is 5.10 Å². The molecule has 0 aromatic heterocycles. The Morgan fingerprint density at radius 1 is 1.17 bits per heavy atom. The average Bonchev–Trinajstić information content (AvgIpc) is 3.43. The van der Waals surface area contributed by atoms with Gasteiger partial charge >= 0.3 is 6.03 Å². The normalized spacial score (nSPS) is 17.7. The third kappa shape index (κ3) is 4.85. The van der Waals surface area contributed by atoms with Gasteiger partial charge in [-0.3, -0.25) is 0 Å². The van der Waals surface area contributed by atoms with E-state index in [9.17, 15) is 4.79 Å². The minimum absolute atomic E-state index is 0.0475. The molecule has 0 spiro atoms. The van der Waals surface area contributed by atoms with E-state index in [1.807, 2.05) is 60.7 Å². The van der Waals surface area contributed by atoms with Crippen LogP contribution in [0.15, 0.2) is 77.9 Å². The Morgan fingerprint density at radius 2 is 1.94 bits per heavy atom. The van der Waals surface area contributed by atoms with Gasteiger partial charge in [-0.2, -0.15) is 5.10 Å². The van der Waals surface area contributed by atoms with E-state index in [1.54, 1.807) is 0 Å². The lowest BCUT2D eigenvalue weighted by Crippen LogP contribution is -2.30. The van der Waals surface area contributed by atoms with Gasteiger partial charge in [-0.25, -0.2) is 9.80 Å². The molecule has 0 bridgehead atoms. The molecule has 0 radical (unpaired) electrons. The number of carbonyl (C=O) groups is 1. The van der Waals surface area contributed by atoms with Crippen molar-refractivity contribution in [1.82, 2.24) is 5.01 Å². The van der Waals surface area contributed by atoms with E-state index in [-0.39, 0.29) is 24.2 Å². The molecule has 1 N–H and O–H groups in total. The Balaban J connectivity index is 1.38. The Labute approximate surface area is 205 Å². The van der Waals surface area contributed by atoms with Gasteiger partial charge in [0.1, 0.15) is 23.7 Å². The highest BCUT2D eigenvalue weighted by atomic mass is 16.5. The van der Waals surface area contributed by atoms with Crippen molar-refractivity contribution in [2.45, 2.75) is 31.8 Å². The van der Waals surface area contributed by atoms with E-state index in [1.165, 1.54) is 5.01 Å². The average molecular weight is 466 g/mol. The number of anilines is 1. The van der Waals surface area contributed by atoms with Crippen molar-refractivity contribution in [3.63, 3.8) is 0 Å². The molecule has 0 aliphatic carbocycles. The summed E-state index contributed by atoms with van der Waals surface area (Å²) in [5, 5.41) is 9.25. The predicted octanol–water partition coefficient (Wildman–Crippen LogP) is 5.45. The van der Waals surface area contributed by atoms with E-state index in [0.29, 0.717) is 12.3 Å². The fraction of sp³-hybridized carbons (Fsp3) is 0.241. The first-order valence-electron chi connectivity index (χ1n) is 11.6. The molecule has 176 valence electrons. The molecule has 2 amide bonds. The van der Waals surface area contributed by atoms with E-state index >= 15 is 0 Å². The quantitative estimate of drug-likeness (QED) is 0.510. The van der Waals surface area contributed by atoms with Gasteiger partial charge in [-0.05, 0) is 67.4 Å². The van der Waals surface area contributed by atoms with Crippen LogP contribution in [0.1, 0.15) is 36.5 Å². The number of nitrogens with one attached hydrogen (secondary N) is 1. The molecule has 1 atom stereocenters. The second-order valence-electron chi connectivity index (χ2n) is 9.34. The molecular weight excluding hydrogens is 438 g/mol. The summed E-state index contributed by atoms with van der Waals surface area (Å²) in [6.07, 6.45) is 6.08. The van der Waals surface area contributed by atoms with Crippen molar-refractivity contribution in [1.29, 1.82) is 0 Å². The highest BCUT2D eigenvalue weighted by Gasteiger charge is 2.33. The van der Waals surface area contributed by atoms with Gasteiger partial charge in [-0.1, -0.05) is 36.3 Å². The van der Waals surface area contributed by atoms with Gasteiger partial charge in [-0.15, -0.1) is 6.42 Å². The van der Waals surface area contributed by atoms with Crippen LogP contribution < -0.4 is 14.8 Å². The van der Waals surface area contributed by atoms with Crippen molar-refractivity contribution in [2.75, 3.05) is 18.5 Å². The third-order valence-electron chi connectivity index (χ3n) is 6.14. The number of hydrazone groups is 1. The molecule has 5 rings (SSSR count). The van der Waals surface area contributed by atoms with Crippen LogP contribution in [-0.4, -0.2) is 35.5 Å². The first-order valence-corrected chi connectivity index (χ1v) is 11.6. The highest BCUT2D eigenvalue weighted by Crippen LogP contribution is 2.36. The molecule has 3 aromatic carbocycles. The maximum Gasteiger partial charge on any atom is 0.342 e. The number of nitrogens with zero attached hydrogens (tertiary/aromatic N) is 2. The Kier molecular flexibility index (Phi) is 5.92. The SMILES string of the molecule is C#CCOc1ccc(C2=NN(C(=O)Nc3ccc4c(c3)CC(C)(C)O4)CC2c2ccccc2)cc1. The summed E-state index contributed by atoms with van der Waals surface area (Å²) in [6, 6.07) is 23.2. The number of benzene rings is 3. The van der Waals surface area contributed by atoms with Crippen LogP contribution in [0.3, 0.4) is 0 Å². The number of hydrogen-bond donors (Lipinski definition) is 1. The molecule has 0 saturated carbocycles. The lowest BCUT2D eigenvalue weighted by Gasteiger charge is -2.16. The molecule has 6 nitrogen and oxygen atoms in total. The van der Waals surface area contributed by atoms with Crippen LogP contribution in [0.2, 0.25) is 0 Å². The molecule has 0 fully saturated rings. The molecule has 2 aliphatic rings. The smallest absolute Gasteiger partial charge is 0.342 e. The van der Waals surface area contributed by atoms with Crippen molar-refractivity contribution in [3.8, 4) is 23.8 Å². The number of carbonyl (C=O) groups excluding carboxylic acids is 1. The number of rotatable bonds is 5. The Bertz CT molecular complexity index is 1310. The fourth-order valence-corrected chi connectivity index (χ4v) is 4.56. The van der Waals surface area contributed by atoms with E-state index in [4.69, 9.17) is 21.0 Å². The maximum absolute atomic E-state index is 13.2. The first kappa shape index (κ1) is 22.5. The topological polar surface area (TPSA) is 63.2 Å². The molecule has 0 saturated heterocycles. The molecule has 1 unspecified atom stereocenters. The van der Waals surface area contributed by atoms with Gasteiger partial charge in [0, 0.05) is 23.6 Å². The zero-order valence-electron chi connectivity index (χ0n) is 19.8. The second kappa shape index (κ2) is 9.19. The standard InChI is InChI=1S/C29H27N3O3/c1-4-16-34-24-13-10-21(11-14-24)27-25(20-8-6-5-7-9-20)19-32(31-27)28(33)30-23-12-15-26-22(17-23)18-29(2,3)35-26/h1,5-15,17,25H,16,18-19H2,2-3H3,(H,30,33). The van der Waals surface area contributed by atoms with E-state index in [0.717, 1.165) is 40.3 Å². The minimum atomic E-state index is -0.270. The molecule has 2 aliphatic heterocycles. The summed E-state index contributed by atoms with van der Waals surface area (Å²) in [5.41, 5.74) is 4.45. The van der Waals surface area contributed by atoms with Crippen LogP contribution in [0.25, 0.3) is 0 Å². The number of fused-ring (bicyclic) bond motifs is 1. The third-order valence-corrected chi connectivity index (χ3v) is 6.14. The molecular formula is C29H27N3O3. The minimum Gasteiger partial charge on any atom is -0.487 e. The number of amides is 2.